The number of aromatic hydroxyl groups is 1. The van der Waals surface area contributed by atoms with Crippen LogP contribution in [0.4, 0.5) is 5.69 Å². The third-order valence-corrected chi connectivity index (χ3v) is 3.70. The van der Waals surface area contributed by atoms with E-state index in [1.165, 1.54) is 0 Å². The van der Waals surface area contributed by atoms with E-state index < -0.39 is 0 Å². The second kappa shape index (κ2) is 5.41. The average molecular weight is 275 g/mol. The molecule has 21 heavy (non-hydrogen) atoms. The highest BCUT2D eigenvalue weighted by Gasteiger charge is 2.05. The fourth-order valence-electron chi connectivity index (χ4n) is 2.52. The van der Waals surface area contributed by atoms with Crippen LogP contribution in [-0.4, -0.2) is 11.3 Å². The first-order valence-electron chi connectivity index (χ1n) is 6.98. The van der Waals surface area contributed by atoms with Gasteiger partial charge in [-0.3, -0.25) is 4.99 Å². The molecule has 0 aliphatic heterocycles. The molecule has 2 heteroatoms. The number of aryl methyl sites for hydroxylation is 2. The van der Waals surface area contributed by atoms with E-state index in [1.807, 2.05) is 68.4 Å². The van der Waals surface area contributed by atoms with Crippen LogP contribution >= 0.6 is 0 Å². The normalized spacial score (nSPS) is 11.3. The molecule has 0 aliphatic carbocycles. The lowest BCUT2D eigenvalue weighted by Gasteiger charge is -2.06. The molecule has 0 aromatic heterocycles. The molecule has 0 heterocycles. The van der Waals surface area contributed by atoms with E-state index in [4.69, 9.17) is 0 Å². The zero-order chi connectivity index (χ0) is 14.8. The summed E-state index contributed by atoms with van der Waals surface area (Å²) in [5.41, 5.74) is 3.96. The van der Waals surface area contributed by atoms with Crippen LogP contribution in [0.25, 0.3) is 10.8 Å². The summed E-state index contributed by atoms with van der Waals surface area (Å²) >= 11 is 0. The Morgan fingerprint density at radius 1 is 0.857 bits per heavy atom. The molecule has 0 amide bonds. The van der Waals surface area contributed by atoms with Crippen LogP contribution in [-0.2, 0) is 0 Å². The minimum absolute atomic E-state index is 0.281. The van der Waals surface area contributed by atoms with E-state index >= 15 is 0 Å². The summed E-state index contributed by atoms with van der Waals surface area (Å²) in [5.74, 6) is 0.281. The van der Waals surface area contributed by atoms with Crippen molar-refractivity contribution in [2.24, 2.45) is 4.99 Å². The molecule has 0 radical (unpaired) electrons. The van der Waals surface area contributed by atoms with Gasteiger partial charge in [0.25, 0.3) is 0 Å². The maximum atomic E-state index is 10.4. The van der Waals surface area contributed by atoms with Crippen molar-refractivity contribution in [2.75, 3.05) is 0 Å². The molecule has 0 saturated carbocycles. The molecule has 0 bridgehead atoms. The molecule has 3 aromatic carbocycles. The van der Waals surface area contributed by atoms with Crippen molar-refractivity contribution in [3.8, 4) is 5.75 Å². The van der Waals surface area contributed by atoms with Gasteiger partial charge in [-0.25, -0.2) is 0 Å². The fraction of sp³-hybridized carbons (Fsp3) is 0.105. The Bertz CT molecular complexity index is 814. The lowest BCUT2D eigenvalue weighted by Crippen LogP contribution is -1.86. The summed E-state index contributed by atoms with van der Waals surface area (Å²) in [6, 6.07) is 17.8. The van der Waals surface area contributed by atoms with Crippen molar-refractivity contribution in [2.45, 2.75) is 13.8 Å². The number of hydrogen-bond acceptors (Lipinski definition) is 2. The van der Waals surface area contributed by atoms with Crippen molar-refractivity contribution < 1.29 is 5.11 Å². The number of phenols is 1. The van der Waals surface area contributed by atoms with Gasteiger partial charge in [0, 0.05) is 17.2 Å². The lowest BCUT2D eigenvalue weighted by atomic mass is 10.1. The SMILES string of the molecule is Cc1cccc(C)c1N=Cc1ccc2ccccc2c1O. The Kier molecular flexibility index (Phi) is 3.44. The number of para-hydroxylation sites is 1. The van der Waals surface area contributed by atoms with E-state index in [0.717, 1.165) is 33.2 Å². The molecule has 3 aromatic rings. The average Bonchev–Trinajstić information content (AvgIpc) is 2.49. The molecule has 0 spiro atoms. The zero-order valence-corrected chi connectivity index (χ0v) is 12.2. The highest BCUT2D eigenvalue weighted by atomic mass is 16.3. The van der Waals surface area contributed by atoms with Gasteiger partial charge in [0.1, 0.15) is 5.75 Å². The van der Waals surface area contributed by atoms with Crippen molar-refractivity contribution >= 4 is 22.7 Å². The minimum atomic E-state index is 0.281. The summed E-state index contributed by atoms with van der Waals surface area (Å²) < 4.78 is 0. The maximum Gasteiger partial charge on any atom is 0.132 e. The number of phenolic OH excluding ortho intramolecular Hbond substituents is 1. The molecular formula is C19H17NO. The Morgan fingerprint density at radius 2 is 1.57 bits per heavy atom. The van der Waals surface area contributed by atoms with Crippen LogP contribution in [0.15, 0.2) is 59.6 Å². The Labute approximate surface area is 124 Å². The van der Waals surface area contributed by atoms with Gasteiger partial charge in [-0.15, -0.1) is 0 Å². The van der Waals surface area contributed by atoms with Crippen LogP contribution in [0.5, 0.6) is 5.75 Å². The molecule has 2 nitrogen and oxygen atoms in total. The van der Waals surface area contributed by atoms with E-state index in [9.17, 15) is 5.11 Å². The predicted octanol–water partition coefficient (Wildman–Crippen LogP) is 4.91. The third-order valence-electron chi connectivity index (χ3n) is 3.70. The third kappa shape index (κ3) is 2.52. The number of rotatable bonds is 2. The largest absolute Gasteiger partial charge is 0.507 e. The van der Waals surface area contributed by atoms with Gasteiger partial charge >= 0.3 is 0 Å². The Balaban J connectivity index is 2.06. The summed E-state index contributed by atoms with van der Waals surface area (Å²) in [7, 11) is 0. The molecule has 1 N–H and O–H groups in total. The molecule has 0 saturated heterocycles. The molecule has 0 fully saturated rings. The number of benzene rings is 3. The summed E-state index contributed by atoms with van der Waals surface area (Å²) in [6.07, 6.45) is 1.73. The summed E-state index contributed by atoms with van der Waals surface area (Å²) in [6.45, 7) is 4.08. The summed E-state index contributed by atoms with van der Waals surface area (Å²) in [4.78, 5) is 4.56. The van der Waals surface area contributed by atoms with Gasteiger partial charge in [0.05, 0.1) is 5.69 Å². The van der Waals surface area contributed by atoms with Gasteiger partial charge in [-0.2, -0.15) is 0 Å². The maximum absolute atomic E-state index is 10.4. The number of nitrogens with zero attached hydrogens (tertiary/aromatic N) is 1. The second-order valence-electron chi connectivity index (χ2n) is 5.22. The van der Waals surface area contributed by atoms with Crippen molar-refractivity contribution in [3.63, 3.8) is 0 Å². The molecular weight excluding hydrogens is 258 g/mol. The standard InChI is InChI=1S/C19H17NO/c1-13-6-5-7-14(2)18(13)20-12-16-11-10-15-8-3-4-9-17(15)19(16)21/h3-12,21H,1-2H3. The van der Waals surface area contributed by atoms with Crippen LogP contribution in [0.3, 0.4) is 0 Å². The zero-order valence-electron chi connectivity index (χ0n) is 12.2. The molecule has 3 rings (SSSR count). The van der Waals surface area contributed by atoms with Gasteiger partial charge in [-0.1, -0.05) is 48.5 Å². The lowest BCUT2D eigenvalue weighted by molar-refractivity contribution is 0.481. The van der Waals surface area contributed by atoms with Crippen molar-refractivity contribution in [1.82, 2.24) is 0 Å². The molecule has 104 valence electrons. The highest BCUT2D eigenvalue weighted by Crippen LogP contribution is 2.29. The number of aliphatic imine (C=N–C) groups is 1. The van der Waals surface area contributed by atoms with Gasteiger partial charge in [0.15, 0.2) is 0 Å². The van der Waals surface area contributed by atoms with E-state index in [0.29, 0.717) is 0 Å². The Hall–Kier alpha value is -2.61. The van der Waals surface area contributed by atoms with Gasteiger partial charge in [0.2, 0.25) is 0 Å². The number of hydrogen-bond donors (Lipinski definition) is 1. The fourth-order valence-corrected chi connectivity index (χ4v) is 2.52. The molecule has 0 aliphatic rings. The van der Waals surface area contributed by atoms with Crippen LogP contribution in [0.2, 0.25) is 0 Å². The minimum Gasteiger partial charge on any atom is -0.507 e. The van der Waals surface area contributed by atoms with Gasteiger partial charge in [-0.05, 0) is 36.4 Å². The molecule has 0 unspecified atom stereocenters. The molecule has 0 atom stereocenters. The van der Waals surface area contributed by atoms with Gasteiger partial charge < -0.3 is 5.11 Å². The van der Waals surface area contributed by atoms with Crippen LogP contribution < -0.4 is 0 Å². The quantitative estimate of drug-likeness (QED) is 0.662. The first kappa shape index (κ1) is 13.4. The monoisotopic (exact) mass is 275 g/mol. The smallest absolute Gasteiger partial charge is 0.132 e. The van der Waals surface area contributed by atoms with Crippen LogP contribution in [0.1, 0.15) is 16.7 Å². The first-order chi connectivity index (χ1) is 10.2. The number of fused-ring (bicyclic) bond motifs is 1. The van der Waals surface area contributed by atoms with Crippen molar-refractivity contribution in [1.29, 1.82) is 0 Å². The van der Waals surface area contributed by atoms with E-state index in [1.54, 1.807) is 6.21 Å². The topological polar surface area (TPSA) is 32.6 Å². The van der Waals surface area contributed by atoms with E-state index in [-0.39, 0.29) is 5.75 Å². The Morgan fingerprint density at radius 3 is 2.33 bits per heavy atom. The van der Waals surface area contributed by atoms with Crippen molar-refractivity contribution in [3.05, 3.63) is 71.3 Å². The second-order valence-corrected chi connectivity index (χ2v) is 5.22. The summed E-state index contributed by atoms with van der Waals surface area (Å²) in [5, 5.41) is 12.3. The predicted molar refractivity (Wildman–Crippen MR) is 88.8 cm³/mol. The first-order valence-corrected chi connectivity index (χ1v) is 6.98. The highest BCUT2D eigenvalue weighted by molar-refractivity contribution is 5.97. The van der Waals surface area contributed by atoms with Crippen LogP contribution in [0, 0.1) is 13.8 Å². The van der Waals surface area contributed by atoms with E-state index in [2.05, 4.69) is 4.99 Å².